The van der Waals surface area contributed by atoms with Crippen LogP contribution >= 0.6 is 11.6 Å². The first-order valence-electron chi connectivity index (χ1n) is 9.51. The number of rotatable bonds is 6. The smallest absolute Gasteiger partial charge is 0.267 e. The van der Waals surface area contributed by atoms with Gasteiger partial charge < -0.3 is 0 Å². The SMILES string of the molecule is CS(=O)(=O)N(Cc1ccccc1Cl)c1ccc(C(=O)NN=C2CCCCC2)cc1. The first-order chi connectivity index (χ1) is 13.8. The van der Waals surface area contributed by atoms with E-state index in [9.17, 15) is 13.2 Å². The van der Waals surface area contributed by atoms with Gasteiger partial charge in [0.05, 0.1) is 18.5 Å². The molecule has 154 valence electrons. The van der Waals surface area contributed by atoms with E-state index < -0.39 is 10.0 Å². The van der Waals surface area contributed by atoms with E-state index in [4.69, 9.17) is 11.6 Å². The lowest BCUT2D eigenvalue weighted by Crippen LogP contribution is -2.29. The van der Waals surface area contributed by atoms with E-state index in [1.165, 1.54) is 10.7 Å². The first kappa shape index (κ1) is 21.3. The fourth-order valence-electron chi connectivity index (χ4n) is 3.23. The minimum Gasteiger partial charge on any atom is -0.267 e. The summed E-state index contributed by atoms with van der Waals surface area (Å²) < 4.78 is 25.9. The Hall–Kier alpha value is -2.38. The van der Waals surface area contributed by atoms with E-state index in [0.717, 1.165) is 37.7 Å². The van der Waals surface area contributed by atoms with Crippen LogP contribution in [0.4, 0.5) is 5.69 Å². The maximum Gasteiger partial charge on any atom is 0.271 e. The van der Waals surface area contributed by atoms with Crippen molar-refractivity contribution in [1.82, 2.24) is 5.43 Å². The second-order valence-corrected chi connectivity index (χ2v) is 9.40. The predicted molar refractivity (Wildman–Crippen MR) is 117 cm³/mol. The van der Waals surface area contributed by atoms with Crippen molar-refractivity contribution in [3.8, 4) is 0 Å². The largest absolute Gasteiger partial charge is 0.271 e. The van der Waals surface area contributed by atoms with Crippen molar-refractivity contribution in [2.45, 2.75) is 38.6 Å². The van der Waals surface area contributed by atoms with Crippen LogP contribution in [0.2, 0.25) is 5.02 Å². The van der Waals surface area contributed by atoms with Crippen LogP contribution in [-0.2, 0) is 16.6 Å². The van der Waals surface area contributed by atoms with Gasteiger partial charge in [0, 0.05) is 16.3 Å². The third kappa shape index (κ3) is 5.81. The van der Waals surface area contributed by atoms with E-state index in [-0.39, 0.29) is 12.5 Å². The van der Waals surface area contributed by atoms with Gasteiger partial charge in [0.15, 0.2) is 0 Å². The second kappa shape index (κ2) is 9.41. The minimum absolute atomic E-state index is 0.109. The van der Waals surface area contributed by atoms with Crippen LogP contribution in [0, 0.1) is 0 Å². The van der Waals surface area contributed by atoms with Gasteiger partial charge in [0.1, 0.15) is 0 Å². The van der Waals surface area contributed by atoms with Crippen LogP contribution in [-0.4, -0.2) is 26.3 Å². The van der Waals surface area contributed by atoms with Crippen LogP contribution in [0.3, 0.4) is 0 Å². The molecule has 2 aromatic rings. The maximum absolute atomic E-state index is 12.3. The number of carbonyl (C=O) groups is 1. The number of nitrogens with zero attached hydrogens (tertiary/aromatic N) is 2. The van der Waals surface area contributed by atoms with E-state index in [1.807, 2.05) is 6.07 Å². The molecular formula is C21H24ClN3O3S. The van der Waals surface area contributed by atoms with Gasteiger partial charge in [0.2, 0.25) is 10.0 Å². The molecule has 1 N–H and O–H groups in total. The highest BCUT2D eigenvalue weighted by Gasteiger charge is 2.19. The Labute approximate surface area is 176 Å². The zero-order chi connectivity index (χ0) is 20.9. The van der Waals surface area contributed by atoms with Crippen molar-refractivity contribution in [3.05, 3.63) is 64.7 Å². The second-order valence-electron chi connectivity index (χ2n) is 7.09. The molecule has 0 atom stereocenters. The monoisotopic (exact) mass is 433 g/mol. The zero-order valence-corrected chi connectivity index (χ0v) is 17.8. The summed E-state index contributed by atoms with van der Waals surface area (Å²) in [6.45, 7) is 0.109. The van der Waals surface area contributed by atoms with Crippen LogP contribution in [0.1, 0.15) is 48.0 Å². The number of hydrogen-bond donors (Lipinski definition) is 1. The van der Waals surface area contributed by atoms with E-state index in [2.05, 4.69) is 10.5 Å². The van der Waals surface area contributed by atoms with Gasteiger partial charge in [-0.05, 0) is 61.6 Å². The van der Waals surface area contributed by atoms with Crippen molar-refractivity contribution in [1.29, 1.82) is 0 Å². The lowest BCUT2D eigenvalue weighted by Gasteiger charge is -2.23. The first-order valence-corrected chi connectivity index (χ1v) is 11.7. The number of sulfonamides is 1. The van der Waals surface area contributed by atoms with Crippen LogP contribution in [0.25, 0.3) is 0 Å². The summed E-state index contributed by atoms with van der Waals surface area (Å²) in [4.78, 5) is 12.3. The highest BCUT2D eigenvalue weighted by atomic mass is 35.5. The standard InChI is InChI=1S/C21H24ClN3O3S/c1-29(27,28)25(15-17-7-5-6-10-20(17)22)19-13-11-16(12-14-19)21(26)24-23-18-8-3-2-4-9-18/h5-7,10-14H,2-4,8-9,15H2,1H3,(H,24,26). The molecular weight excluding hydrogens is 410 g/mol. The summed E-state index contributed by atoms with van der Waals surface area (Å²) in [7, 11) is -3.54. The highest BCUT2D eigenvalue weighted by Crippen LogP contribution is 2.24. The fourth-order valence-corrected chi connectivity index (χ4v) is 4.30. The number of hydrazone groups is 1. The molecule has 0 aliphatic heterocycles. The number of benzene rings is 2. The molecule has 8 heteroatoms. The fraction of sp³-hybridized carbons (Fsp3) is 0.333. The lowest BCUT2D eigenvalue weighted by molar-refractivity contribution is 0.0954. The highest BCUT2D eigenvalue weighted by molar-refractivity contribution is 7.92. The Balaban J connectivity index is 1.75. The average Bonchev–Trinajstić information content (AvgIpc) is 2.71. The third-order valence-electron chi connectivity index (χ3n) is 4.84. The van der Waals surface area contributed by atoms with Gasteiger partial charge in [-0.2, -0.15) is 5.10 Å². The maximum atomic E-state index is 12.3. The molecule has 1 aliphatic rings. The normalized spacial score (nSPS) is 14.3. The van der Waals surface area contributed by atoms with Crippen molar-refractivity contribution in [2.24, 2.45) is 5.10 Å². The van der Waals surface area contributed by atoms with Gasteiger partial charge in [-0.25, -0.2) is 13.8 Å². The number of anilines is 1. The summed E-state index contributed by atoms with van der Waals surface area (Å²) in [5.41, 5.74) is 5.19. The molecule has 6 nitrogen and oxygen atoms in total. The Morgan fingerprint density at radius 1 is 1.07 bits per heavy atom. The number of carbonyl (C=O) groups excluding carboxylic acids is 1. The van der Waals surface area contributed by atoms with E-state index >= 15 is 0 Å². The molecule has 0 aromatic heterocycles. The molecule has 1 fully saturated rings. The van der Waals surface area contributed by atoms with Gasteiger partial charge in [-0.3, -0.25) is 9.10 Å². The Morgan fingerprint density at radius 2 is 1.72 bits per heavy atom. The molecule has 1 aliphatic carbocycles. The minimum atomic E-state index is -3.54. The molecule has 3 rings (SSSR count). The topological polar surface area (TPSA) is 78.8 Å². The molecule has 2 aromatic carbocycles. The van der Waals surface area contributed by atoms with Crippen molar-refractivity contribution < 1.29 is 13.2 Å². The molecule has 0 radical (unpaired) electrons. The van der Waals surface area contributed by atoms with E-state index in [0.29, 0.717) is 21.8 Å². The number of nitrogens with one attached hydrogen (secondary N) is 1. The summed E-state index contributed by atoms with van der Waals surface area (Å²) in [5, 5.41) is 4.72. The van der Waals surface area contributed by atoms with Crippen LogP contribution in [0.15, 0.2) is 53.6 Å². The summed E-state index contributed by atoms with van der Waals surface area (Å²) in [6.07, 6.45) is 6.41. The summed E-state index contributed by atoms with van der Waals surface area (Å²) in [6, 6.07) is 13.5. The zero-order valence-electron chi connectivity index (χ0n) is 16.3. The number of halogens is 1. The third-order valence-corrected chi connectivity index (χ3v) is 6.35. The van der Waals surface area contributed by atoms with Crippen LogP contribution in [0.5, 0.6) is 0 Å². The van der Waals surface area contributed by atoms with Crippen molar-refractivity contribution >= 4 is 38.9 Å². The molecule has 0 spiro atoms. The van der Waals surface area contributed by atoms with Gasteiger partial charge in [-0.1, -0.05) is 36.2 Å². The van der Waals surface area contributed by atoms with Gasteiger partial charge in [0.25, 0.3) is 5.91 Å². The summed E-state index contributed by atoms with van der Waals surface area (Å²) in [5.74, 6) is -0.313. The average molecular weight is 434 g/mol. The number of hydrogen-bond acceptors (Lipinski definition) is 4. The molecule has 29 heavy (non-hydrogen) atoms. The van der Waals surface area contributed by atoms with Gasteiger partial charge >= 0.3 is 0 Å². The predicted octanol–water partition coefficient (Wildman–Crippen LogP) is 4.36. The Kier molecular flexibility index (Phi) is 6.92. The van der Waals surface area contributed by atoms with Gasteiger partial charge in [-0.15, -0.1) is 0 Å². The Bertz CT molecular complexity index is 996. The van der Waals surface area contributed by atoms with Crippen molar-refractivity contribution in [2.75, 3.05) is 10.6 Å². The molecule has 0 unspecified atom stereocenters. The molecule has 0 bridgehead atoms. The van der Waals surface area contributed by atoms with Crippen LogP contribution < -0.4 is 9.73 Å². The quantitative estimate of drug-likeness (QED) is 0.687. The molecule has 0 saturated heterocycles. The number of amides is 1. The van der Waals surface area contributed by atoms with E-state index in [1.54, 1.807) is 42.5 Å². The van der Waals surface area contributed by atoms with Crippen molar-refractivity contribution in [3.63, 3.8) is 0 Å². The Morgan fingerprint density at radius 3 is 2.34 bits per heavy atom. The summed E-state index contributed by atoms with van der Waals surface area (Å²) >= 11 is 6.18. The molecule has 1 amide bonds. The molecule has 0 heterocycles. The molecule has 1 saturated carbocycles. The lowest BCUT2D eigenvalue weighted by atomic mass is 9.99.